The van der Waals surface area contributed by atoms with Crippen LogP contribution >= 0.6 is 27.3 Å². The van der Waals surface area contributed by atoms with Crippen molar-refractivity contribution in [1.82, 2.24) is 14.1 Å². The quantitative estimate of drug-likeness (QED) is 0.161. The minimum atomic E-state index is -0.0337. The molecule has 0 saturated heterocycles. The zero-order valence-corrected chi connectivity index (χ0v) is 19.7. The molecule has 0 aliphatic heterocycles. The van der Waals surface area contributed by atoms with Gasteiger partial charge in [-0.2, -0.15) is 0 Å². The molecule has 0 bridgehead atoms. The van der Waals surface area contributed by atoms with Crippen LogP contribution in [0.1, 0.15) is 5.69 Å². The predicted octanol–water partition coefficient (Wildman–Crippen LogP) is 6.39. The number of halogens is 1. The molecular weight excluding hydrogens is 488 g/mol. The molecule has 158 valence electrons. The van der Waals surface area contributed by atoms with Crippen molar-refractivity contribution < 1.29 is 0 Å². The predicted molar refractivity (Wildman–Crippen MR) is 133 cm³/mol. The molecule has 3 heterocycles. The van der Waals surface area contributed by atoms with Crippen molar-refractivity contribution in [2.45, 2.75) is 6.54 Å². The Bertz CT molecular complexity index is 1610. The van der Waals surface area contributed by atoms with E-state index in [2.05, 4.69) is 47.6 Å². The minimum absolute atomic E-state index is 0.0337. The van der Waals surface area contributed by atoms with Gasteiger partial charge in [-0.1, -0.05) is 33.2 Å². The molecule has 5 rings (SSSR count). The van der Waals surface area contributed by atoms with E-state index in [4.69, 9.17) is 5.53 Å². The topological polar surface area (TPSA) is 88.6 Å². The lowest BCUT2D eigenvalue weighted by atomic mass is 10.0. The number of thiazole rings is 1. The minimum Gasteiger partial charge on any atom is -0.330 e. The first-order valence-electron chi connectivity index (χ1n) is 9.81. The number of benzene rings is 2. The summed E-state index contributed by atoms with van der Waals surface area (Å²) in [4.78, 5) is 20.6. The Balaban J connectivity index is 1.74. The number of pyridine rings is 1. The van der Waals surface area contributed by atoms with Gasteiger partial charge in [0.2, 0.25) is 0 Å². The van der Waals surface area contributed by atoms with Crippen LogP contribution in [-0.4, -0.2) is 14.1 Å². The zero-order chi connectivity index (χ0) is 22.4. The Morgan fingerprint density at radius 2 is 1.81 bits per heavy atom. The van der Waals surface area contributed by atoms with Gasteiger partial charge in [-0.15, -0.1) is 11.3 Å². The summed E-state index contributed by atoms with van der Waals surface area (Å²) in [5.74, 6) is 0. The van der Waals surface area contributed by atoms with E-state index in [9.17, 15) is 4.79 Å². The number of hydrogen-bond acceptors (Lipinski definition) is 4. The van der Waals surface area contributed by atoms with E-state index in [0.29, 0.717) is 5.56 Å². The van der Waals surface area contributed by atoms with E-state index < -0.39 is 0 Å². The van der Waals surface area contributed by atoms with Crippen LogP contribution in [0.15, 0.2) is 68.3 Å². The molecule has 2 aromatic carbocycles. The molecule has 7 nitrogen and oxygen atoms in total. The summed E-state index contributed by atoms with van der Waals surface area (Å²) in [5, 5.41) is 8.43. The molecule has 0 aliphatic rings. The van der Waals surface area contributed by atoms with Crippen molar-refractivity contribution in [3.05, 3.63) is 84.9 Å². The first kappa shape index (κ1) is 20.5. The summed E-state index contributed by atoms with van der Waals surface area (Å²) in [6.07, 6.45) is 0. The van der Waals surface area contributed by atoms with E-state index in [-0.39, 0.29) is 12.1 Å². The highest BCUT2D eigenvalue weighted by molar-refractivity contribution is 9.10. The molecule has 3 aromatic heterocycles. The summed E-state index contributed by atoms with van der Waals surface area (Å²) in [6, 6.07) is 16.0. The van der Waals surface area contributed by atoms with Gasteiger partial charge in [-0.3, -0.25) is 9.36 Å². The average Bonchev–Trinajstić information content (AvgIpc) is 3.38. The van der Waals surface area contributed by atoms with E-state index in [1.54, 1.807) is 4.57 Å². The van der Waals surface area contributed by atoms with E-state index in [1.807, 2.05) is 55.9 Å². The third-order valence-corrected chi connectivity index (χ3v) is 7.07. The summed E-state index contributed by atoms with van der Waals surface area (Å²) in [6.45, 7) is 0.238. The molecule has 0 spiro atoms. The maximum atomic E-state index is 13.2. The molecular formula is C23H17BrN6OS. The van der Waals surface area contributed by atoms with Crippen molar-refractivity contribution in [3.8, 4) is 21.7 Å². The van der Waals surface area contributed by atoms with Crippen molar-refractivity contribution in [2.75, 3.05) is 0 Å². The Hall–Kier alpha value is -3.39. The molecule has 0 saturated carbocycles. The van der Waals surface area contributed by atoms with Crippen molar-refractivity contribution >= 4 is 49.2 Å². The SMILES string of the molecule is Cn1c(=O)c(-c2ccc(Br)cc2)cc2c3cc(-c4nc(CN=[N+]=[N-])cs4)ccc3n(C)c21. The highest BCUT2D eigenvalue weighted by Crippen LogP contribution is 2.34. The second-order valence-corrected chi connectivity index (χ2v) is 9.26. The van der Waals surface area contributed by atoms with Gasteiger partial charge in [0.15, 0.2) is 0 Å². The third kappa shape index (κ3) is 3.31. The normalized spacial score (nSPS) is 11.2. The molecule has 0 radical (unpaired) electrons. The average molecular weight is 505 g/mol. The fourth-order valence-electron chi connectivity index (χ4n) is 4.08. The van der Waals surface area contributed by atoms with E-state index in [0.717, 1.165) is 48.2 Å². The number of hydrogen-bond donors (Lipinski definition) is 0. The monoisotopic (exact) mass is 504 g/mol. The van der Waals surface area contributed by atoms with Crippen molar-refractivity contribution in [2.24, 2.45) is 19.2 Å². The lowest BCUT2D eigenvalue weighted by Crippen LogP contribution is -2.20. The van der Waals surface area contributed by atoms with Crippen LogP contribution in [-0.2, 0) is 20.6 Å². The van der Waals surface area contributed by atoms with Gasteiger partial charge in [0.25, 0.3) is 5.56 Å². The highest BCUT2D eigenvalue weighted by atomic mass is 79.9. The van der Waals surface area contributed by atoms with Crippen LogP contribution in [0, 0.1) is 0 Å². The summed E-state index contributed by atoms with van der Waals surface area (Å²) in [5.41, 5.74) is 13.7. The summed E-state index contributed by atoms with van der Waals surface area (Å²) in [7, 11) is 3.79. The molecule has 32 heavy (non-hydrogen) atoms. The first-order valence-corrected chi connectivity index (χ1v) is 11.5. The second kappa shape index (κ2) is 7.94. The summed E-state index contributed by atoms with van der Waals surface area (Å²) >= 11 is 4.98. The molecule has 0 fully saturated rings. The van der Waals surface area contributed by atoms with Crippen LogP contribution < -0.4 is 5.56 Å². The molecule has 0 unspecified atom stereocenters. The number of fused-ring (bicyclic) bond motifs is 3. The lowest BCUT2D eigenvalue weighted by Gasteiger charge is -2.08. The molecule has 5 aromatic rings. The van der Waals surface area contributed by atoms with E-state index >= 15 is 0 Å². The van der Waals surface area contributed by atoms with Crippen LogP contribution in [0.4, 0.5) is 0 Å². The lowest BCUT2D eigenvalue weighted by molar-refractivity contribution is 0.846. The van der Waals surface area contributed by atoms with Crippen LogP contribution in [0.3, 0.4) is 0 Å². The van der Waals surface area contributed by atoms with Crippen LogP contribution in [0.2, 0.25) is 0 Å². The zero-order valence-electron chi connectivity index (χ0n) is 17.3. The Morgan fingerprint density at radius 1 is 1.06 bits per heavy atom. The number of aryl methyl sites for hydroxylation is 2. The van der Waals surface area contributed by atoms with Gasteiger partial charge >= 0.3 is 0 Å². The van der Waals surface area contributed by atoms with Gasteiger partial charge in [0, 0.05) is 50.8 Å². The van der Waals surface area contributed by atoms with Gasteiger partial charge in [0.05, 0.1) is 17.8 Å². The van der Waals surface area contributed by atoms with E-state index in [1.165, 1.54) is 11.3 Å². The Morgan fingerprint density at radius 3 is 2.56 bits per heavy atom. The van der Waals surface area contributed by atoms with Crippen LogP contribution in [0.25, 0.3) is 54.1 Å². The van der Waals surface area contributed by atoms with Crippen LogP contribution in [0.5, 0.6) is 0 Å². The molecule has 9 heteroatoms. The van der Waals surface area contributed by atoms with Gasteiger partial charge in [0.1, 0.15) is 10.7 Å². The van der Waals surface area contributed by atoms with Crippen molar-refractivity contribution in [1.29, 1.82) is 0 Å². The second-order valence-electron chi connectivity index (χ2n) is 7.49. The van der Waals surface area contributed by atoms with Crippen molar-refractivity contribution in [3.63, 3.8) is 0 Å². The van der Waals surface area contributed by atoms with Gasteiger partial charge in [-0.05, 0) is 47.5 Å². The molecule has 0 amide bonds. The molecule has 0 atom stereocenters. The maximum absolute atomic E-state index is 13.2. The maximum Gasteiger partial charge on any atom is 0.259 e. The fourth-order valence-corrected chi connectivity index (χ4v) is 5.15. The largest absolute Gasteiger partial charge is 0.330 e. The number of nitrogens with zero attached hydrogens (tertiary/aromatic N) is 6. The molecule has 0 N–H and O–H groups in total. The van der Waals surface area contributed by atoms with Gasteiger partial charge in [-0.25, -0.2) is 4.98 Å². The van der Waals surface area contributed by atoms with Gasteiger partial charge < -0.3 is 4.57 Å². The summed E-state index contributed by atoms with van der Waals surface area (Å²) < 4.78 is 4.74. The number of aromatic nitrogens is 3. The Labute approximate surface area is 195 Å². The standard InChI is InChI=1S/C23H17BrN6OS/c1-29-20-8-5-14(21-27-16(12-32-21)11-26-28-25)9-18(20)19-10-17(23(31)30(2)22(19)29)13-3-6-15(24)7-4-13/h3-10,12H,11H2,1-2H3. The molecule has 0 aliphatic carbocycles. The third-order valence-electron chi connectivity index (χ3n) is 5.60. The highest BCUT2D eigenvalue weighted by Gasteiger charge is 2.17. The smallest absolute Gasteiger partial charge is 0.259 e. The number of azide groups is 1. The number of rotatable bonds is 4. The first-order chi connectivity index (χ1) is 15.5. The fraction of sp³-hybridized carbons (Fsp3) is 0.130. The Kier molecular flexibility index (Phi) is 5.09.